The van der Waals surface area contributed by atoms with Crippen LogP contribution in [0.15, 0.2) is 89.1 Å². The lowest BCUT2D eigenvalue weighted by molar-refractivity contribution is 0.0734. The van der Waals surface area contributed by atoms with Crippen LogP contribution in [0.4, 0.5) is 8.78 Å². The minimum absolute atomic E-state index is 0.00295. The third-order valence-corrected chi connectivity index (χ3v) is 7.34. The Hall–Kier alpha value is -3.76. The summed E-state index contributed by atoms with van der Waals surface area (Å²) in [5.74, 6) is -1.62. The molecule has 0 aliphatic heterocycles. The highest BCUT2D eigenvalue weighted by molar-refractivity contribution is 7.87. The molecule has 36 heavy (non-hydrogen) atoms. The second-order valence-electron chi connectivity index (χ2n) is 7.71. The van der Waals surface area contributed by atoms with Crippen molar-refractivity contribution in [3.8, 4) is 11.5 Å². The van der Waals surface area contributed by atoms with Crippen LogP contribution in [0.2, 0.25) is 0 Å². The number of halogens is 2. The lowest BCUT2D eigenvalue weighted by Crippen LogP contribution is -2.30. The van der Waals surface area contributed by atoms with Crippen LogP contribution >= 0.6 is 11.3 Å². The molecule has 0 unspecified atom stereocenters. The van der Waals surface area contributed by atoms with Gasteiger partial charge < -0.3 is 13.8 Å². The lowest BCUT2D eigenvalue weighted by Gasteiger charge is -2.23. The highest BCUT2D eigenvalue weighted by Crippen LogP contribution is 2.28. The Balaban J connectivity index is 1.63. The monoisotopic (exact) mass is 529 g/mol. The van der Waals surface area contributed by atoms with Crippen molar-refractivity contribution >= 4 is 27.4 Å². The molecule has 0 spiro atoms. The minimum atomic E-state index is -4.38. The van der Waals surface area contributed by atoms with Gasteiger partial charge in [0.1, 0.15) is 16.5 Å². The summed E-state index contributed by atoms with van der Waals surface area (Å²) in [5.41, 5.74) is 1.11. The topological polar surface area (TPSA) is 72.9 Å². The molecule has 0 saturated heterocycles. The highest BCUT2D eigenvalue weighted by atomic mass is 32.2. The summed E-state index contributed by atoms with van der Waals surface area (Å²) in [6.45, 7) is 0.165. The molecule has 186 valence electrons. The fourth-order valence-corrected chi connectivity index (χ4v) is 5.12. The molecule has 0 atom stereocenters. The molecule has 1 amide bonds. The van der Waals surface area contributed by atoms with E-state index >= 15 is 0 Å². The lowest BCUT2D eigenvalue weighted by atomic mass is 10.1. The van der Waals surface area contributed by atoms with Gasteiger partial charge in [-0.25, -0.2) is 8.78 Å². The average Bonchev–Trinajstić information content (AvgIpc) is 3.40. The van der Waals surface area contributed by atoms with Gasteiger partial charge in [0, 0.05) is 12.1 Å². The van der Waals surface area contributed by atoms with E-state index in [4.69, 9.17) is 8.92 Å². The van der Waals surface area contributed by atoms with E-state index in [1.54, 1.807) is 47.8 Å². The van der Waals surface area contributed by atoms with Crippen molar-refractivity contribution in [2.75, 3.05) is 7.11 Å². The Kier molecular flexibility index (Phi) is 7.66. The smallest absolute Gasteiger partial charge is 0.339 e. The van der Waals surface area contributed by atoms with Crippen molar-refractivity contribution in [3.63, 3.8) is 0 Å². The van der Waals surface area contributed by atoms with Crippen molar-refractivity contribution in [1.82, 2.24) is 4.90 Å². The maximum absolute atomic E-state index is 14.1. The first kappa shape index (κ1) is 25.3. The Bertz CT molecular complexity index is 1460. The van der Waals surface area contributed by atoms with E-state index in [1.807, 2.05) is 0 Å². The molecule has 4 aromatic rings. The van der Waals surface area contributed by atoms with E-state index in [0.717, 1.165) is 6.07 Å². The van der Waals surface area contributed by atoms with Gasteiger partial charge in [-0.1, -0.05) is 36.4 Å². The average molecular weight is 530 g/mol. The van der Waals surface area contributed by atoms with Crippen LogP contribution in [-0.4, -0.2) is 26.3 Å². The number of hydrogen-bond donors (Lipinski definition) is 0. The van der Waals surface area contributed by atoms with E-state index in [9.17, 15) is 22.0 Å². The molecule has 0 bridgehead atoms. The number of nitrogens with zero attached hydrogens (tertiary/aromatic N) is 1. The molecule has 0 radical (unpaired) electrons. The summed E-state index contributed by atoms with van der Waals surface area (Å²) in [6.07, 6.45) is 0. The summed E-state index contributed by atoms with van der Waals surface area (Å²) in [4.78, 5) is 14.9. The van der Waals surface area contributed by atoms with Gasteiger partial charge in [-0.3, -0.25) is 4.79 Å². The quantitative estimate of drug-likeness (QED) is 0.262. The zero-order valence-corrected chi connectivity index (χ0v) is 20.7. The maximum Gasteiger partial charge on any atom is 0.339 e. The van der Waals surface area contributed by atoms with Crippen LogP contribution in [-0.2, 0) is 23.2 Å². The maximum atomic E-state index is 14.1. The fourth-order valence-electron chi connectivity index (χ4n) is 3.46. The Labute approximate surface area is 211 Å². The number of thiophene rings is 1. The predicted molar refractivity (Wildman–Crippen MR) is 132 cm³/mol. The summed E-state index contributed by atoms with van der Waals surface area (Å²) in [5, 5.41) is 1.78. The van der Waals surface area contributed by atoms with Crippen LogP contribution in [0.25, 0.3) is 0 Å². The zero-order chi connectivity index (χ0) is 25.7. The van der Waals surface area contributed by atoms with E-state index in [2.05, 4.69) is 0 Å². The normalized spacial score (nSPS) is 11.2. The molecule has 0 aliphatic rings. The molecule has 0 N–H and O–H groups in total. The van der Waals surface area contributed by atoms with Crippen molar-refractivity contribution in [1.29, 1.82) is 0 Å². The van der Waals surface area contributed by atoms with Gasteiger partial charge in [-0.15, -0.1) is 11.3 Å². The largest absolute Gasteiger partial charge is 0.494 e. The van der Waals surface area contributed by atoms with Gasteiger partial charge in [-0.2, -0.15) is 8.42 Å². The van der Waals surface area contributed by atoms with Gasteiger partial charge in [0.2, 0.25) is 0 Å². The first-order chi connectivity index (χ1) is 17.3. The summed E-state index contributed by atoms with van der Waals surface area (Å²) < 4.78 is 63.5. The summed E-state index contributed by atoms with van der Waals surface area (Å²) in [7, 11) is -3.11. The molecular weight excluding hydrogens is 508 g/mol. The van der Waals surface area contributed by atoms with Crippen LogP contribution in [0.5, 0.6) is 11.5 Å². The SMILES string of the molecule is COc1ccc(S(=O)(=O)Oc2ccccc2CN(Cc2ccc(F)cc2)C(=O)c2cccs2)cc1F. The number of ether oxygens (including phenoxy) is 1. The molecule has 0 aliphatic carbocycles. The van der Waals surface area contributed by atoms with E-state index in [-0.39, 0.29) is 35.4 Å². The van der Waals surface area contributed by atoms with Crippen molar-refractivity contribution in [3.05, 3.63) is 112 Å². The molecule has 0 saturated carbocycles. The van der Waals surface area contributed by atoms with Gasteiger partial charge in [-0.05, 0) is 53.4 Å². The van der Waals surface area contributed by atoms with Gasteiger partial charge in [0.15, 0.2) is 11.6 Å². The van der Waals surface area contributed by atoms with Crippen molar-refractivity contribution in [2.24, 2.45) is 0 Å². The molecular formula is C26H21F2NO5S2. The van der Waals surface area contributed by atoms with Gasteiger partial charge >= 0.3 is 10.1 Å². The third kappa shape index (κ3) is 5.89. The van der Waals surface area contributed by atoms with Crippen LogP contribution in [0.3, 0.4) is 0 Å². The number of carbonyl (C=O) groups excluding carboxylic acids is 1. The minimum Gasteiger partial charge on any atom is -0.494 e. The number of amides is 1. The standard InChI is InChI=1S/C26H21F2NO5S2/c1-33-24-13-12-21(15-22(24)28)36(31,32)34-23-6-3-2-5-19(23)17-29(26(30)25-7-4-14-35-25)16-18-8-10-20(27)11-9-18/h2-15H,16-17H2,1H3. The fraction of sp³-hybridized carbons (Fsp3) is 0.115. The van der Waals surface area contributed by atoms with Crippen molar-refractivity contribution < 1.29 is 30.9 Å². The van der Waals surface area contributed by atoms with Gasteiger partial charge in [0.25, 0.3) is 5.91 Å². The number of para-hydroxylation sites is 1. The Morgan fingerprint density at radius 1 is 0.917 bits per heavy atom. The summed E-state index contributed by atoms with van der Waals surface area (Å²) >= 11 is 1.27. The number of rotatable bonds is 9. The summed E-state index contributed by atoms with van der Waals surface area (Å²) in [6, 6.07) is 18.8. The second-order valence-corrected chi connectivity index (χ2v) is 10.2. The number of methoxy groups -OCH3 is 1. The van der Waals surface area contributed by atoms with E-state index < -0.39 is 21.8 Å². The zero-order valence-electron chi connectivity index (χ0n) is 19.1. The number of carbonyl (C=O) groups is 1. The molecule has 1 aromatic heterocycles. The molecule has 3 aromatic carbocycles. The molecule has 10 heteroatoms. The van der Waals surface area contributed by atoms with Gasteiger partial charge in [0.05, 0.1) is 18.5 Å². The first-order valence-corrected chi connectivity index (χ1v) is 13.0. The Morgan fingerprint density at radius 3 is 2.33 bits per heavy atom. The molecule has 4 rings (SSSR count). The number of hydrogen-bond acceptors (Lipinski definition) is 6. The molecule has 0 fully saturated rings. The molecule has 1 heterocycles. The van der Waals surface area contributed by atoms with Crippen molar-refractivity contribution in [2.45, 2.75) is 18.0 Å². The first-order valence-electron chi connectivity index (χ1n) is 10.7. The van der Waals surface area contributed by atoms with Crippen LogP contribution in [0.1, 0.15) is 20.8 Å². The highest BCUT2D eigenvalue weighted by Gasteiger charge is 2.23. The third-order valence-electron chi connectivity index (χ3n) is 5.25. The second kappa shape index (κ2) is 10.9. The predicted octanol–water partition coefficient (Wildman–Crippen LogP) is 5.65. The Morgan fingerprint density at radius 2 is 1.67 bits per heavy atom. The molecule has 6 nitrogen and oxygen atoms in total. The van der Waals surface area contributed by atoms with E-state index in [0.29, 0.717) is 16.0 Å². The number of benzene rings is 3. The van der Waals surface area contributed by atoms with E-state index in [1.165, 1.54) is 53.7 Å². The van der Waals surface area contributed by atoms with Crippen LogP contribution < -0.4 is 8.92 Å². The van der Waals surface area contributed by atoms with Crippen LogP contribution in [0, 0.1) is 11.6 Å².